The Morgan fingerprint density at radius 3 is 2.29 bits per heavy atom. The lowest BCUT2D eigenvalue weighted by Gasteiger charge is -2.19. The van der Waals surface area contributed by atoms with E-state index in [2.05, 4.69) is 24.3 Å². The summed E-state index contributed by atoms with van der Waals surface area (Å²) in [5.74, 6) is 1.76. The second-order valence-electron chi connectivity index (χ2n) is 4.83. The van der Waals surface area contributed by atoms with Gasteiger partial charge in [0, 0.05) is 0 Å². The van der Waals surface area contributed by atoms with Crippen LogP contribution in [0.1, 0.15) is 51.4 Å². The van der Waals surface area contributed by atoms with Crippen molar-refractivity contribution in [1.82, 2.24) is 0 Å². The maximum Gasteiger partial charge on any atom is -0.0196 e. The van der Waals surface area contributed by atoms with Gasteiger partial charge in [-0.3, -0.25) is 0 Å². The van der Waals surface area contributed by atoms with Gasteiger partial charge >= 0.3 is 0 Å². The maximum absolute atomic E-state index is 2.52. The lowest BCUT2D eigenvalue weighted by atomic mass is 9.86. The second kappa shape index (κ2) is 5.38. The monoisotopic (exact) mass is 190 g/mol. The standard InChI is InChI=1S/C14H22/c1-3-7-13(8-4-1)11-12-14-9-5-2-6-10-14/h1,3,11-14H,2,4-10H2. The quantitative estimate of drug-likeness (QED) is 0.563. The fraction of sp³-hybridized carbons (Fsp3) is 0.714. The molecule has 0 aliphatic heterocycles. The van der Waals surface area contributed by atoms with Crippen molar-refractivity contribution >= 4 is 0 Å². The van der Waals surface area contributed by atoms with E-state index in [-0.39, 0.29) is 0 Å². The first-order valence-electron chi connectivity index (χ1n) is 6.28. The zero-order valence-electron chi connectivity index (χ0n) is 9.12. The van der Waals surface area contributed by atoms with Gasteiger partial charge in [-0.05, 0) is 43.9 Å². The zero-order valence-corrected chi connectivity index (χ0v) is 9.12. The molecule has 78 valence electrons. The Morgan fingerprint density at radius 1 is 0.786 bits per heavy atom. The lowest BCUT2D eigenvalue weighted by Crippen LogP contribution is -2.04. The van der Waals surface area contributed by atoms with Gasteiger partial charge in [-0.15, -0.1) is 0 Å². The lowest BCUT2D eigenvalue weighted by molar-refractivity contribution is 0.416. The Bertz CT molecular complexity index is 206. The summed E-state index contributed by atoms with van der Waals surface area (Å²) in [5.41, 5.74) is 0. The van der Waals surface area contributed by atoms with E-state index in [9.17, 15) is 0 Å². The van der Waals surface area contributed by atoms with Crippen LogP contribution in [-0.4, -0.2) is 0 Å². The highest BCUT2D eigenvalue weighted by atomic mass is 14.2. The molecule has 0 bridgehead atoms. The Hall–Kier alpha value is -0.520. The molecule has 14 heavy (non-hydrogen) atoms. The van der Waals surface area contributed by atoms with E-state index in [0.717, 1.165) is 11.8 Å². The van der Waals surface area contributed by atoms with Gasteiger partial charge in [-0.2, -0.15) is 0 Å². The van der Waals surface area contributed by atoms with E-state index in [1.165, 1.54) is 51.4 Å². The first-order chi connectivity index (χ1) is 6.95. The number of rotatable bonds is 2. The van der Waals surface area contributed by atoms with Crippen molar-refractivity contribution in [1.29, 1.82) is 0 Å². The average Bonchev–Trinajstić information content (AvgIpc) is 2.29. The Labute approximate surface area is 88.1 Å². The van der Waals surface area contributed by atoms with Crippen LogP contribution < -0.4 is 0 Å². The van der Waals surface area contributed by atoms with E-state index >= 15 is 0 Å². The minimum absolute atomic E-state index is 0.849. The van der Waals surface area contributed by atoms with Crippen molar-refractivity contribution in [2.24, 2.45) is 11.8 Å². The van der Waals surface area contributed by atoms with Gasteiger partial charge in [0.05, 0.1) is 0 Å². The molecule has 0 radical (unpaired) electrons. The highest BCUT2D eigenvalue weighted by Gasteiger charge is 2.11. The molecular weight excluding hydrogens is 168 g/mol. The number of hydrogen-bond donors (Lipinski definition) is 0. The Kier molecular flexibility index (Phi) is 3.85. The van der Waals surface area contributed by atoms with Gasteiger partial charge in [0.2, 0.25) is 0 Å². The van der Waals surface area contributed by atoms with E-state index < -0.39 is 0 Å². The fourth-order valence-electron chi connectivity index (χ4n) is 2.63. The van der Waals surface area contributed by atoms with Gasteiger partial charge in [0.1, 0.15) is 0 Å². The molecule has 1 saturated carbocycles. The minimum atomic E-state index is 0.849. The first kappa shape index (κ1) is 10.0. The van der Waals surface area contributed by atoms with Crippen molar-refractivity contribution in [2.75, 3.05) is 0 Å². The summed E-state index contributed by atoms with van der Waals surface area (Å²) in [7, 11) is 0. The molecule has 0 heterocycles. The minimum Gasteiger partial charge on any atom is -0.0885 e. The van der Waals surface area contributed by atoms with Gasteiger partial charge in [-0.25, -0.2) is 0 Å². The fourth-order valence-corrected chi connectivity index (χ4v) is 2.63. The maximum atomic E-state index is 2.52. The molecule has 1 fully saturated rings. The van der Waals surface area contributed by atoms with Crippen LogP contribution in [0.15, 0.2) is 24.3 Å². The van der Waals surface area contributed by atoms with E-state index in [1.807, 2.05) is 0 Å². The molecule has 0 N–H and O–H groups in total. The SMILES string of the molecule is C1=CCC(C=CC2CCCCC2)CC1. The van der Waals surface area contributed by atoms with Crippen LogP contribution in [0.25, 0.3) is 0 Å². The van der Waals surface area contributed by atoms with Crippen LogP contribution in [-0.2, 0) is 0 Å². The third kappa shape index (κ3) is 3.01. The van der Waals surface area contributed by atoms with Crippen LogP contribution >= 0.6 is 0 Å². The molecule has 1 unspecified atom stereocenters. The summed E-state index contributed by atoms with van der Waals surface area (Å²) < 4.78 is 0. The molecular formula is C14H22. The van der Waals surface area contributed by atoms with Gasteiger partial charge < -0.3 is 0 Å². The summed E-state index contributed by atoms with van der Waals surface area (Å²) in [6.07, 6.45) is 20.9. The van der Waals surface area contributed by atoms with Crippen LogP contribution in [0.3, 0.4) is 0 Å². The molecule has 0 aromatic heterocycles. The van der Waals surface area contributed by atoms with Crippen LogP contribution in [0.2, 0.25) is 0 Å². The molecule has 0 saturated heterocycles. The van der Waals surface area contributed by atoms with E-state index in [4.69, 9.17) is 0 Å². The molecule has 2 aliphatic carbocycles. The van der Waals surface area contributed by atoms with Crippen molar-refractivity contribution in [2.45, 2.75) is 51.4 Å². The van der Waals surface area contributed by atoms with Crippen LogP contribution in [0.4, 0.5) is 0 Å². The van der Waals surface area contributed by atoms with Gasteiger partial charge in [-0.1, -0.05) is 43.6 Å². The molecule has 2 aliphatic rings. The van der Waals surface area contributed by atoms with E-state index in [1.54, 1.807) is 0 Å². The second-order valence-corrected chi connectivity index (χ2v) is 4.83. The van der Waals surface area contributed by atoms with Gasteiger partial charge in [0.15, 0.2) is 0 Å². The third-order valence-corrected chi connectivity index (χ3v) is 3.61. The highest BCUT2D eigenvalue weighted by Crippen LogP contribution is 2.26. The Morgan fingerprint density at radius 2 is 1.57 bits per heavy atom. The van der Waals surface area contributed by atoms with E-state index in [0.29, 0.717) is 0 Å². The molecule has 1 atom stereocenters. The molecule has 0 heteroatoms. The predicted octanol–water partition coefficient (Wildman–Crippen LogP) is 4.48. The van der Waals surface area contributed by atoms with Crippen molar-refractivity contribution < 1.29 is 0 Å². The molecule has 0 spiro atoms. The molecule has 0 aromatic rings. The molecule has 2 rings (SSSR count). The molecule has 0 nitrogen and oxygen atoms in total. The first-order valence-corrected chi connectivity index (χ1v) is 6.28. The third-order valence-electron chi connectivity index (χ3n) is 3.61. The summed E-state index contributed by atoms with van der Waals surface area (Å²) in [6.45, 7) is 0. The van der Waals surface area contributed by atoms with Gasteiger partial charge in [0.25, 0.3) is 0 Å². The van der Waals surface area contributed by atoms with Crippen LogP contribution in [0.5, 0.6) is 0 Å². The summed E-state index contributed by atoms with van der Waals surface area (Å²) in [6, 6.07) is 0. The number of allylic oxidation sites excluding steroid dienone is 4. The summed E-state index contributed by atoms with van der Waals surface area (Å²) >= 11 is 0. The molecule has 0 aromatic carbocycles. The van der Waals surface area contributed by atoms with Crippen molar-refractivity contribution in [3.63, 3.8) is 0 Å². The summed E-state index contributed by atoms with van der Waals surface area (Å²) in [5, 5.41) is 0. The number of hydrogen-bond acceptors (Lipinski definition) is 0. The normalized spacial score (nSPS) is 29.9. The largest absolute Gasteiger partial charge is 0.0885 e. The van der Waals surface area contributed by atoms with Crippen LogP contribution in [0, 0.1) is 11.8 Å². The van der Waals surface area contributed by atoms with Crippen molar-refractivity contribution in [3.8, 4) is 0 Å². The molecule has 0 amide bonds. The zero-order chi connectivity index (χ0) is 9.64. The van der Waals surface area contributed by atoms with Crippen molar-refractivity contribution in [3.05, 3.63) is 24.3 Å². The predicted molar refractivity (Wildman–Crippen MR) is 62.2 cm³/mol. The Balaban J connectivity index is 1.77. The topological polar surface area (TPSA) is 0 Å². The average molecular weight is 190 g/mol. The highest BCUT2D eigenvalue weighted by molar-refractivity contribution is 5.00. The summed E-state index contributed by atoms with van der Waals surface area (Å²) in [4.78, 5) is 0. The smallest absolute Gasteiger partial charge is 0.0196 e.